The van der Waals surface area contributed by atoms with Gasteiger partial charge in [-0.05, 0) is 36.6 Å². The highest BCUT2D eigenvalue weighted by Gasteiger charge is 2.25. The van der Waals surface area contributed by atoms with Crippen molar-refractivity contribution in [3.8, 4) is 10.4 Å². The first-order valence-corrected chi connectivity index (χ1v) is 7.16. The Bertz CT molecular complexity index is 743. The zero-order valence-corrected chi connectivity index (χ0v) is 10.8. The van der Waals surface area contributed by atoms with Gasteiger partial charge in [0.1, 0.15) is 0 Å². The van der Waals surface area contributed by atoms with Crippen LogP contribution in [0, 0.1) is 0 Å². The molecule has 3 aromatic rings. The van der Waals surface area contributed by atoms with Crippen molar-refractivity contribution in [2.75, 3.05) is 0 Å². The van der Waals surface area contributed by atoms with Crippen LogP contribution in [0.1, 0.15) is 11.1 Å². The van der Waals surface area contributed by atoms with Gasteiger partial charge in [-0.3, -0.25) is 0 Å². The van der Waals surface area contributed by atoms with E-state index in [1.165, 1.54) is 44.5 Å². The molecule has 0 nitrogen and oxygen atoms in total. The van der Waals surface area contributed by atoms with Crippen LogP contribution >= 0.6 is 11.3 Å². The maximum Gasteiger partial charge on any atom is 0.242 e. The minimum Gasteiger partial charge on any atom is -0.0619 e. The van der Waals surface area contributed by atoms with E-state index in [0.717, 1.165) is 0 Å². The molecule has 18 heavy (non-hydrogen) atoms. The highest BCUT2D eigenvalue weighted by atomic mass is 32.1. The molecule has 0 N–H and O–H groups in total. The van der Waals surface area contributed by atoms with Gasteiger partial charge in [-0.2, -0.15) is 0 Å². The summed E-state index contributed by atoms with van der Waals surface area (Å²) in [5.74, 6) is 0. The van der Waals surface area contributed by atoms with Crippen LogP contribution in [0.3, 0.4) is 0 Å². The molecule has 0 amide bonds. The van der Waals surface area contributed by atoms with Crippen LogP contribution in [0.15, 0.2) is 54.6 Å². The largest absolute Gasteiger partial charge is 0.242 e. The Morgan fingerprint density at radius 2 is 1.56 bits per heavy atom. The Balaban J connectivity index is 2.06. The van der Waals surface area contributed by atoms with Crippen molar-refractivity contribution in [1.29, 1.82) is 0 Å². The topological polar surface area (TPSA) is 0 Å². The van der Waals surface area contributed by atoms with Crippen LogP contribution in [-0.4, -0.2) is 0 Å². The lowest BCUT2D eigenvalue weighted by Gasteiger charge is -2.13. The van der Waals surface area contributed by atoms with Crippen molar-refractivity contribution in [1.82, 2.24) is 0 Å². The number of fused-ring (bicyclic) bond motifs is 4. The quantitative estimate of drug-likeness (QED) is 0.495. The molecule has 1 heterocycles. The average molecular weight is 249 g/mol. The molecule has 1 heteroatoms. The van der Waals surface area contributed by atoms with Crippen LogP contribution in [0.2, 0.25) is 0 Å². The number of benzene rings is 2. The van der Waals surface area contributed by atoms with Gasteiger partial charge in [-0.15, -0.1) is 0 Å². The predicted molar refractivity (Wildman–Crippen MR) is 79.1 cm³/mol. The lowest BCUT2D eigenvalue weighted by atomic mass is 9.91. The summed E-state index contributed by atoms with van der Waals surface area (Å²) in [6.45, 7) is 0. The third-order valence-electron chi connectivity index (χ3n) is 3.68. The van der Waals surface area contributed by atoms with Gasteiger partial charge in [0.2, 0.25) is 20.9 Å². The van der Waals surface area contributed by atoms with E-state index in [4.69, 9.17) is 0 Å². The molecule has 0 unspecified atom stereocenters. The van der Waals surface area contributed by atoms with Crippen molar-refractivity contribution in [2.24, 2.45) is 0 Å². The molecule has 4 rings (SSSR count). The Labute approximate surface area is 111 Å². The molecular weight excluding hydrogens is 236 g/mol. The average Bonchev–Trinajstić information content (AvgIpc) is 2.45. The van der Waals surface area contributed by atoms with Crippen LogP contribution in [0.5, 0.6) is 0 Å². The normalized spacial score (nSPS) is 13.1. The molecule has 1 aliphatic carbocycles. The van der Waals surface area contributed by atoms with E-state index in [0.29, 0.717) is 0 Å². The van der Waals surface area contributed by atoms with E-state index in [1.54, 1.807) is 0 Å². The fraction of sp³-hybridized carbons (Fsp3) is 0.118. The number of rotatable bonds is 0. The fourth-order valence-electron chi connectivity index (χ4n) is 2.76. The SMILES string of the molecule is c1ccc2c(c1)CCc1cc3ccccc3[s+]c1-2. The summed E-state index contributed by atoms with van der Waals surface area (Å²) >= 11 is 1.93. The summed E-state index contributed by atoms with van der Waals surface area (Å²) in [6.07, 6.45) is 2.35. The van der Waals surface area contributed by atoms with Crippen LogP contribution in [-0.2, 0) is 12.8 Å². The molecule has 0 saturated carbocycles. The fourth-order valence-corrected chi connectivity index (χ4v) is 3.98. The third-order valence-corrected chi connectivity index (χ3v) is 4.96. The second kappa shape index (κ2) is 3.89. The number of aryl methyl sites for hydroxylation is 2. The van der Waals surface area contributed by atoms with E-state index < -0.39 is 0 Å². The van der Waals surface area contributed by atoms with E-state index in [9.17, 15) is 0 Å². The van der Waals surface area contributed by atoms with Gasteiger partial charge in [-0.25, -0.2) is 0 Å². The summed E-state index contributed by atoms with van der Waals surface area (Å²) in [5, 5.41) is 1.38. The molecule has 0 radical (unpaired) electrons. The molecule has 0 spiro atoms. The van der Waals surface area contributed by atoms with Crippen LogP contribution < -0.4 is 0 Å². The second-order valence-corrected chi connectivity index (χ2v) is 5.85. The van der Waals surface area contributed by atoms with Gasteiger partial charge in [-0.1, -0.05) is 30.3 Å². The zero-order valence-electron chi connectivity index (χ0n) is 10.0. The van der Waals surface area contributed by atoms with E-state index in [2.05, 4.69) is 54.6 Å². The maximum atomic E-state index is 2.37. The lowest BCUT2D eigenvalue weighted by Crippen LogP contribution is -2.02. The summed E-state index contributed by atoms with van der Waals surface area (Å²) in [4.78, 5) is 1.47. The molecule has 2 aromatic carbocycles. The number of hydrogen-bond donors (Lipinski definition) is 0. The van der Waals surface area contributed by atoms with Crippen LogP contribution in [0.4, 0.5) is 0 Å². The molecule has 1 aromatic heterocycles. The summed E-state index contributed by atoms with van der Waals surface area (Å²) in [5.41, 5.74) is 4.45. The summed E-state index contributed by atoms with van der Waals surface area (Å²) in [7, 11) is 0. The highest BCUT2D eigenvalue weighted by molar-refractivity contribution is 7.21. The first kappa shape index (κ1) is 10.2. The molecule has 0 saturated heterocycles. The van der Waals surface area contributed by atoms with Gasteiger partial charge in [0.25, 0.3) is 0 Å². The Hall–Kier alpha value is -1.73. The summed E-state index contributed by atoms with van der Waals surface area (Å²) < 4.78 is 1.38. The maximum absolute atomic E-state index is 2.37. The molecule has 0 atom stereocenters. The smallest absolute Gasteiger partial charge is 0.0619 e. The minimum atomic E-state index is 1.17. The monoisotopic (exact) mass is 249 g/mol. The minimum absolute atomic E-state index is 1.17. The second-order valence-electron chi connectivity index (χ2n) is 4.80. The molecule has 0 aliphatic heterocycles. The zero-order chi connectivity index (χ0) is 11.9. The predicted octanol–water partition coefficient (Wildman–Crippen LogP) is 4.95. The molecule has 0 fully saturated rings. The van der Waals surface area contributed by atoms with Gasteiger partial charge < -0.3 is 0 Å². The third kappa shape index (κ3) is 1.48. The first-order chi connectivity index (χ1) is 8.92. The van der Waals surface area contributed by atoms with Crippen molar-refractivity contribution in [2.45, 2.75) is 12.8 Å². The van der Waals surface area contributed by atoms with Crippen molar-refractivity contribution in [3.05, 3.63) is 65.7 Å². The van der Waals surface area contributed by atoms with Crippen molar-refractivity contribution >= 4 is 21.4 Å². The summed E-state index contributed by atoms with van der Waals surface area (Å²) in [6, 6.07) is 19.9. The van der Waals surface area contributed by atoms with Crippen molar-refractivity contribution in [3.63, 3.8) is 0 Å². The van der Waals surface area contributed by atoms with E-state index in [-0.39, 0.29) is 0 Å². The number of hydrogen-bond acceptors (Lipinski definition) is 0. The van der Waals surface area contributed by atoms with Gasteiger partial charge in [0, 0.05) is 22.6 Å². The van der Waals surface area contributed by atoms with Crippen molar-refractivity contribution < 1.29 is 0 Å². The van der Waals surface area contributed by atoms with Gasteiger partial charge >= 0.3 is 0 Å². The van der Waals surface area contributed by atoms with E-state index >= 15 is 0 Å². The Morgan fingerprint density at radius 1 is 0.778 bits per heavy atom. The highest BCUT2D eigenvalue weighted by Crippen LogP contribution is 2.39. The Kier molecular flexibility index (Phi) is 2.21. The molecule has 1 aliphatic rings. The van der Waals surface area contributed by atoms with Crippen LogP contribution in [0.25, 0.3) is 20.5 Å². The Morgan fingerprint density at radius 3 is 2.56 bits per heavy atom. The van der Waals surface area contributed by atoms with E-state index in [1.807, 2.05) is 11.3 Å². The van der Waals surface area contributed by atoms with Gasteiger partial charge in [0.15, 0.2) is 0 Å². The first-order valence-electron chi connectivity index (χ1n) is 6.35. The van der Waals surface area contributed by atoms with Gasteiger partial charge in [0.05, 0.1) is 0 Å². The lowest BCUT2D eigenvalue weighted by molar-refractivity contribution is 0.949. The standard InChI is InChI=1S/C17H13S/c1-3-7-15-12(5-1)9-10-14-11-13-6-2-4-8-16(13)18-17(14)15/h1-8,11H,9-10H2/q+1. The molecule has 86 valence electrons. The molecular formula is C17H13S+. The molecule has 0 bridgehead atoms.